The van der Waals surface area contributed by atoms with E-state index in [9.17, 15) is 15.0 Å². The van der Waals surface area contributed by atoms with Gasteiger partial charge in [-0.25, -0.2) is 0 Å². The number of aliphatic hydroxyl groups is 2. The number of ether oxygens (including phenoxy) is 1. The first kappa shape index (κ1) is 20.0. The number of hydrogen-bond acceptors (Lipinski definition) is 4. The highest BCUT2D eigenvalue weighted by molar-refractivity contribution is 6.30. The molecule has 0 fully saturated rings. The summed E-state index contributed by atoms with van der Waals surface area (Å²) in [5.41, 5.74) is 4.37. The fourth-order valence-electron chi connectivity index (χ4n) is 6.22. The number of nitrogens with one attached hydrogen (secondary N) is 1. The second-order valence-electron chi connectivity index (χ2n) is 9.71. The maximum atomic E-state index is 13.2. The molecule has 0 radical (unpaired) electrons. The lowest BCUT2D eigenvalue weighted by Crippen LogP contribution is -2.38. The number of para-hydroxylation sites is 2. The van der Waals surface area contributed by atoms with Crippen molar-refractivity contribution in [2.24, 2.45) is 0 Å². The number of aliphatic hydroxyl groups excluding tert-OH is 2. The number of hydrogen-bond donors (Lipinski definition) is 3. The third-order valence-corrected chi connectivity index (χ3v) is 7.50. The molecule has 0 aliphatic carbocycles. The molecule has 2 aliphatic rings. The summed E-state index contributed by atoms with van der Waals surface area (Å²) >= 11 is 0. The van der Waals surface area contributed by atoms with E-state index in [0.29, 0.717) is 18.5 Å². The molecule has 0 saturated carbocycles. The molecule has 3 aromatic carbocycles. The predicted molar refractivity (Wildman–Crippen MR) is 131 cm³/mol. The second-order valence-corrected chi connectivity index (χ2v) is 9.71. The molecular weight excluding hydrogens is 430 g/mol. The van der Waals surface area contributed by atoms with Gasteiger partial charge < -0.3 is 29.4 Å². The van der Waals surface area contributed by atoms with Gasteiger partial charge in [0.2, 0.25) is 0 Å². The van der Waals surface area contributed by atoms with Crippen molar-refractivity contribution in [1.29, 1.82) is 0 Å². The summed E-state index contributed by atoms with van der Waals surface area (Å²) in [7, 11) is 0. The summed E-state index contributed by atoms with van der Waals surface area (Å²) in [6.45, 7) is 3.86. The van der Waals surface area contributed by atoms with Gasteiger partial charge in [-0.3, -0.25) is 4.79 Å². The van der Waals surface area contributed by atoms with E-state index in [1.807, 2.05) is 49.4 Å². The Morgan fingerprint density at radius 2 is 1.76 bits per heavy atom. The predicted octanol–water partition coefficient (Wildman–Crippen LogP) is 4.11. The minimum atomic E-state index is -1.07. The number of fused-ring (bicyclic) bond motifs is 9. The van der Waals surface area contributed by atoms with E-state index in [2.05, 4.69) is 20.5 Å². The average Bonchev–Trinajstić information content (AvgIpc) is 3.45. The highest BCUT2D eigenvalue weighted by Crippen LogP contribution is 2.50. The summed E-state index contributed by atoms with van der Waals surface area (Å²) < 4.78 is 11.0. The van der Waals surface area contributed by atoms with Crippen molar-refractivity contribution in [2.75, 3.05) is 6.61 Å². The molecule has 7 heteroatoms. The van der Waals surface area contributed by atoms with Gasteiger partial charge in [-0.05, 0) is 31.5 Å². The molecule has 0 saturated heterocycles. The third kappa shape index (κ3) is 2.29. The Morgan fingerprint density at radius 1 is 1.09 bits per heavy atom. The van der Waals surface area contributed by atoms with Gasteiger partial charge in [0.15, 0.2) is 5.72 Å². The molecule has 3 atom stereocenters. The van der Waals surface area contributed by atoms with Crippen LogP contribution in [0.1, 0.15) is 42.4 Å². The molecule has 7 nitrogen and oxygen atoms in total. The van der Waals surface area contributed by atoms with Gasteiger partial charge in [0, 0.05) is 34.5 Å². The van der Waals surface area contributed by atoms with Crippen molar-refractivity contribution in [3.63, 3.8) is 0 Å². The molecule has 7 rings (SSSR count). The molecule has 172 valence electrons. The van der Waals surface area contributed by atoms with Crippen LogP contribution in [-0.2, 0) is 17.0 Å². The van der Waals surface area contributed by atoms with Crippen LogP contribution in [0.25, 0.3) is 43.6 Å². The van der Waals surface area contributed by atoms with Gasteiger partial charge in [-0.1, -0.05) is 36.4 Å². The number of rotatable bonds is 3. The van der Waals surface area contributed by atoms with Crippen LogP contribution in [0.2, 0.25) is 0 Å². The topological polar surface area (TPSA) is 88.7 Å². The Morgan fingerprint density at radius 3 is 2.47 bits per heavy atom. The molecule has 0 spiro atoms. The Labute approximate surface area is 195 Å². The standard InChI is InChI=1S/C27H25N3O4/c1-14(32)11-20-29-18-9-5-3-7-15(18)22-23-17(12-28-26(23)33)21-16-8-4-6-10-19(16)30(25(21)24(22)29)27(2,13-31)34-20/h3-10,14,20,31-32H,11-13H2,1-2H3,(H,28,33)/t14-,20+,27-/m0/s1. The summed E-state index contributed by atoms with van der Waals surface area (Å²) in [4.78, 5) is 13.2. The van der Waals surface area contributed by atoms with Gasteiger partial charge in [0.1, 0.15) is 6.23 Å². The summed E-state index contributed by atoms with van der Waals surface area (Å²) in [5, 5.41) is 28.1. The van der Waals surface area contributed by atoms with Crippen LogP contribution in [0.4, 0.5) is 0 Å². The van der Waals surface area contributed by atoms with Crippen LogP contribution >= 0.6 is 0 Å². The zero-order valence-corrected chi connectivity index (χ0v) is 19.0. The van der Waals surface area contributed by atoms with E-state index in [-0.39, 0.29) is 12.5 Å². The molecule has 1 amide bonds. The largest absolute Gasteiger partial charge is 0.393 e. The van der Waals surface area contributed by atoms with Crippen LogP contribution < -0.4 is 5.32 Å². The first-order valence-electron chi connectivity index (χ1n) is 11.7. The molecule has 5 aromatic rings. The average molecular weight is 456 g/mol. The number of nitrogens with zero attached hydrogens (tertiary/aromatic N) is 2. The maximum absolute atomic E-state index is 13.2. The smallest absolute Gasteiger partial charge is 0.252 e. The minimum Gasteiger partial charge on any atom is -0.393 e. The Kier molecular flexibility index (Phi) is 3.89. The normalized spacial score (nSPS) is 22.7. The second kappa shape index (κ2) is 6.60. The Balaban J connectivity index is 1.84. The van der Waals surface area contributed by atoms with Gasteiger partial charge in [0.05, 0.1) is 40.3 Å². The molecule has 4 heterocycles. The Bertz CT molecular complexity index is 1680. The monoisotopic (exact) mass is 455 g/mol. The zero-order chi connectivity index (χ0) is 23.4. The number of aromatic nitrogens is 2. The molecular formula is C27H25N3O4. The Hall–Kier alpha value is -3.39. The lowest BCUT2D eigenvalue weighted by Gasteiger charge is -2.34. The van der Waals surface area contributed by atoms with Crippen molar-refractivity contribution in [3.05, 3.63) is 59.7 Å². The fraction of sp³-hybridized carbons (Fsp3) is 0.296. The first-order valence-corrected chi connectivity index (χ1v) is 11.7. The fourth-order valence-corrected chi connectivity index (χ4v) is 6.22. The summed E-state index contributed by atoms with van der Waals surface area (Å²) in [6.07, 6.45) is -0.813. The van der Waals surface area contributed by atoms with E-state index in [1.165, 1.54) is 0 Å². The summed E-state index contributed by atoms with van der Waals surface area (Å²) in [5.74, 6) is -0.0706. The van der Waals surface area contributed by atoms with Crippen molar-refractivity contribution < 1.29 is 19.7 Å². The zero-order valence-electron chi connectivity index (χ0n) is 19.0. The van der Waals surface area contributed by atoms with Crippen LogP contribution in [0, 0.1) is 0 Å². The molecule has 0 unspecified atom stereocenters. The van der Waals surface area contributed by atoms with Crippen molar-refractivity contribution in [3.8, 4) is 0 Å². The van der Waals surface area contributed by atoms with Crippen LogP contribution in [0.5, 0.6) is 0 Å². The molecule has 3 N–H and O–H groups in total. The molecule has 2 aliphatic heterocycles. The van der Waals surface area contributed by atoms with Gasteiger partial charge in [-0.2, -0.15) is 0 Å². The van der Waals surface area contributed by atoms with E-state index in [1.54, 1.807) is 6.92 Å². The van der Waals surface area contributed by atoms with Crippen LogP contribution in [-0.4, -0.2) is 38.0 Å². The number of benzene rings is 3. The maximum Gasteiger partial charge on any atom is 0.252 e. The molecule has 0 bridgehead atoms. The lowest BCUT2D eigenvalue weighted by atomic mass is 9.97. The van der Waals surface area contributed by atoms with Crippen molar-refractivity contribution in [1.82, 2.24) is 14.5 Å². The van der Waals surface area contributed by atoms with Crippen LogP contribution in [0.15, 0.2) is 48.5 Å². The molecule has 34 heavy (non-hydrogen) atoms. The highest BCUT2D eigenvalue weighted by Gasteiger charge is 2.42. The first-order chi connectivity index (χ1) is 16.4. The SMILES string of the molecule is C[C@H](O)C[C@H]1O[C@@](C)(CO)n2c3ccccc3c3c4c(c5c6ccccc6n1c5c32)C(=O)NC4. The van der Waals surface area contributed by atoms with Crippen molar-refractivity contribution in [2.45, 2.75) is 44.9 Å². The molecule has 2 aromatic heterocycles. The lowest BCUT2D eigenvalue weighted by molar-refractivity contribution is -0.184. The van der Waals surface area contributed by atoms with E-state index < -0.39 is 18.1 Å². The van der Waals surface area contributed by atoms with Gasteiger partial charge in [0.25, 0.3) is 5.91 Å². The van der Waals surface area contributed by atoms with E-state index >= 15 is 0 Å². The third-order valence-electron chi connectivity index (χ3n) is 7.50. The summed E-state index contributed by atoms with van der Waals surface area (Å²) in [6, 6.07) is 16.1. The number of carbonyl (C=O) groups is 1. The highest BCUT2D eigenvalue weighted by atomic mass is 16.5. The van der Waals surface area contributed by atoms with E-state index in [4.69, 9.17) is 4.74 Å². The van der Waals surface area contributed by atoms with Crippen LogP contribution in [0.3, 0.4) is 0 Å². The van der Waals surface area contributed by atoms with Gasteiger partial charge >= 0.3 is 0 Å². The van der Waals surface area contributed by atoms with E-state index in [0.717, 1.165) is 49.2 Å². The van der Waals surface area contributed by atoms with Crippen molar-refractivity contribution >= 4 is 49.5 Å². The number of amides is 1. The minimum absolute atomic E-state index is 0.0706. The quantitative estimate of drug-likeness (QED) is 0.382. The van der Waals surface area contributed by atoms with Gasteiger partial charge in [-0.15, -0.1) is 0 Å². The number of carbonyl (C=O) groups excluding carboxylic acids is 1.